The van der Waals surface area contributed by atoms with Gasteiger partial charge >= 0.3 is 5.97 Å². The van der Waals surface area contributed by atoms with Crippen molar-refractivity contribution in [3.8, 4) is 0 Å². The first-order valence-corrected chi connectivity index (χ1v) is 5.41. The van der Waals surface area contributed by atoms with Gasteiger partial charge in [0, 0.05) is 32.1 Å². The first-order chi connectivity index (χ1) is 8.06. The van der Waals surface area contributed by atoms with Crippen molar-refractivity contribution in [3.63, 3.8) is 0 Å². The number of aromatic carboxylic acids is 1. The zero-order chi connectivity index (χ0) is 12.4. The van der Waals surface area contributed by atoms with E-state index in [1.807, 2.05) is 4.90 Å². The Morgan fingerprint density at radius 3 is 2.88 bits per heavy atom. The molecule has 1 atom stereocenters. The first kappa shape index (κ1) is 11.5. The Labute approximate surface area is 98.2 Å². The lowest BCUT2D eigenvalue weighted by molar-refractivity contribution is -0.119. The second kappa shape index (κ2) is 4.48. The lowest BCUT2D eigenvalue weighted by atomic mass is 10.3. The van der Waals surface area contributed by atoms with E-state index in [9.17, 15) is 9.59 Å². The number of carboxylic acid groups (broad SMARTS) is 1. The summed E-state index contributed by atoms with van der Waals surface area (Å²) in [6.07, 6.45) is 0.836. The average Bonchev–Trinajstić information content (AvgIpc) is 2.83. The van der Waals surface area contributed by atoms with Gasteiger partial charge in [0.15, 0.2) is 5.88 Å². The van der Waals surface area contributed by atoms with Crippen LogP contribution in [-0.2, 0) is 4.79 Å². The van der Waals surface area contributed by atoms with Crippen LogP contribution in [0.4, 0.5) is 5.88 Å². The van der Waals surface area contributed by atoms with E-state index in [1.54, 1.807) is 6.07 Å². The van der Waals surface area contributed by atoms with Gasteiger partial charge in [-0.3, -0.25) is 4.79 Å². The summed E-state index contributed by atoms with van der Waals surface area (Å²) < 4.78 is 5.20. The van der Waals surface area contributed by atoms with Gasteiger partial charge in [0.2, 0.25) is 11.7 Å². The Hall–Kier alpha value is -1.98. The normalized spacial score (nSPS) is 19.4. The fraction of sp³-hybridized carbons (Fsp3) is 0.455. The molecule has 1 unspecified atom stereocenters. The molecule has 0 radical (unpaired) electrons. The summed E-state index contributed by atoms with van der Waals surface area (Å²) in [4.78, 5) is 23.5. The van der Waals surface area contributed by atoms with Crippen LogP contribution in [0.2, 0.25) is 0 Å². The van der Waals surface area contributed by atoms with E-state index < -0.39 is 5.97 Å². The van der Waals surface area contributed by atoms with Crippen molar-refractivity contribution in [2.24, 2.45) is 0 Å². The third-order valence-electron chi connectivity index (χ3n) is 2.71. The van der Waals surface area contributed by atoms with Gasteiger partial charge in [-0.25, -0.2) is 4.79 Å². The third-order valence-corrected chi connectivity index (χ3v) is 2.71. The number of rotatable bonds is 3. The van der Waals surface area contributed by atoms with Crippen LogP contribution in [-0.4, -0.2) is 36.1 Å². The van der Waals surface area contributed by atoms with Gasteiger partial charge in [-0.2, -0.15) is 0 Å². The van der Waals surface area contributed by atoms with Crippen LogP contribution in [0.1, 0.15) is 23.9 Å². The maximum atomic E-state index is 10.9. The number of amides is 1. The van der Waals surface area contributed by atoms with E-state index in [-0.39, 0.29) is 17.7 Å². The molecule has 6 nitrogen and oxygen atoms in total. The minimum Gasteiger partial charge on any atom is -0.475 e. The summed E-state index contributed by atoms with van der Waals surface area (Å²) in [6, 6.07) is 3.18. The molecule has 6 heteroatoms. The molecule has 1 amide bonds. The Bertz CT molecular complexity index is 440. The molecule has 2 heterocycles. The standard InChI is InChI=1S/C11H14N2O4/c1-7(14)12-8-4-5-13(6-8)10-3-2-9(17-10)11(15)16/h2-3,8H,4-6H2,1H3,(H,12,14)(H,15,16). The molecule has 1 aromatic rings. The number of nitrogens with zero attached hydrogens (tertiary/aromatic N) is 1. The summed E-state index contributed by atoms with van der Waals surface area (Å²) in [6.45, 7) is 2.88. The first-order valence-electron chi connectivity index (χ1n) is 5.41. The van der Waals surface area contributed by atoms with Gasteiger partial charge in [-0.15, -0.1) is 0 Å². The Morgan fingerprint density at radius 2 is 2.29 bits per heavy atom. The van der Waals surface area contributed by atoms with E-state index in [1.165, 1.54) is 13.0 Å². The van der Waals surface area contributed by atoms with E-state index >= 15 is 0 Å². The van der Waals surface area contributed by atoms with Crippen molar-refractivity contribution in [2.75, 3.05) is 18.0 Å². The highest BCUT2D eigenvalue weighted by Gasteiger charge is 2.25. The van der Waals surface area contributed by atoms with E-state index in [4.69, 9.17) is 9.52 Å². The van der Waals surface area contributed by atoms with E-state index in [2.05, 4.69) is 5.32 Å². The molecule has 0 spiro atoms. The molecule has 0 saturated carbocycles. The zero-order valence-electron chi connectivity index (χ0n) is 9.47. The lowest BCUT2D eigenvalue weighted by Gasteiger charge is -2.15. The van der Waals surface area contributed by atoms with Crippen LogP contribution >= 0.6 is 0 Å². The Balaban J connectivity index is 1.99. The fourth-order valence-corrected chi connectivity index (χ4v) is 1.98. The van der Waals surface area contributed by atoms with Gasteiger partial charge in [0.25, 0.3) is 0 Å². The number of hydrogen-bond donors (Lipinski definition) is 2. The number of hydrogen-bond acceptors (Lipinski definition) is 4. The summed E-state index contributed by atoms with van der Waals surface area (Å²) in [7, 11) is 0. The number of nitrogens with one attached hydrogen (secondary N) is 1. The molecule has 92 valence electrons. The topological polar surface area (TPSA) is 82.8 Å². The second-order valence-electron chi connectivity index (χ2n) is 4.08. The summed E-state index contributed by atoms with van der Waals surface area (Å²) in [5, 5.41) is 11.6. The van der Waals surface area contributed by atoms with Crippen molar-refractivity contribution < 1.29 is 19.1 Å². The predicted octanol–water partition coefficient (Wildman–Crippen LogP) is 0.693. The Kier molecular flexibility index (Phi) is 3.03. The quantitative estimate of drug-likeness (QED) is 0.809. The van der Waals surface area contributed by atoms with Crippen LogP contribution < -0.4 is 10.2 Å². The summed E-state index contributed by atoms with van der Waals surface area (Å²) >= 11 is 0. The van der Waals surface area contributed by atoms with Crippen LogP contribution in [0.5, 0.6) is 0 Å². The molecular formula is C11H14N2O4. The lowest BCUT2D eigenvalue weighted by Crippen LogP contribution is -2.35. The highest BCUT2D eigenvalue weighted by atomic mass is 16.4. The smallest absolute Gasteiger partial charge is 0.371 e. The molecule has 1 aliphatic heterocycles. The van der Waals surface area contributed by atoms with Gasteiger partial charge in [-0.05, 0) is 12.5 Å². The minimum absolute atomic E-state index is 0.0532. The molecule has 0 aromatic carbocycles. The van der Waals surface area contributed by atoms with Crippen LogP contribution in [0, 0.1) is 0 Å². The molecule has 1 fully saturated rings. The molecule has 0 aliphatic carbocycles. The minimum atomic E-state index is -1.08. The third kappa shape index (κ3) is 2.58. The van der Waals surface area contributed by atoms with Crippen molar-refractivity contribution in [3.05, 3.63) is 17.9 Å². The highest BCUT2D eigenvalue weighted by molar-refractivity contribution is 5.84. The second-order valence-corrected chi connectivity index (χ2v) is 4.08. The largest absolute Gasteiger partial charge is 0.475 e. The molecule has 17 heavy (non-hydrogen) atoms. The van der Waals surface area contributed by atoms with Gasteiger partial charge in [0.05, 0.1) is 0 Å². The molecule has 2 N–H and O–H groups in total. The SMILES string of the molecule is CC(=O)NC1CCN(c2ccc(C(=O)O)o2)C1. The molecule has 2 rings (SSSR count). The number of anilines is 1. The average molecular weight is 238 g/mol. The number of carboxylic acids is 1. The Morgan fingerprint density at radius 1 is 1.53 bits per heavy atom. The maximum Gasteiger partial charge on any atom is 0.371 e. The van der Waals surface area contributed by atoms with E-state index in [0.717, 1.165) is 13.0 Å². The van der Waals surface area contributed by atoms with Crippen molar-refractivity contribution >= 4 is 17.8 Å². The molecule has 0 bridgehead atoms. The molecular weight excluding hydrogens is 224 g/mol. The number of carbonyl (C=O) groups is 2. The highest BCUT2D eigenvalue weighted by Crippen LogP contribution is 2.23. The monoisotopic (exact) mass is 238 g/mol. The molecule has 1 saturated heterocycles. The predicted molar refractivity (Wildman–Crippen MR) is 60.1 cm³/mol. The fourth-order valence-electron chi connectivity index (χ4n) is 1.98. The maximum absolute atomic E-state index is 10.9. The molecule has 1 aromatic heterocycles. The van der Waals surface area contributed by atoms with Crippen molar-refractivity contribution in [1.82, 2.24) is 5.32 Å². The number of furan rings is 1. The van der Waals surface area contributed by atoms with Crippen molar-refractivity contribution in [1.29, 1.82) is 0 Å². The van der Waals surface area contributed by atoms with Gasteiger partial charge in [-0.1, -0.05) is 0 Å². The van der Waals surface area contributed by atoms with Crippen molar-refractivity contribution in [2.45, 2.75) is 19.4 Å². The summed E-state index contributed by atoms with van der Waals surface area (Å²) in [5.74, 6) is -0.658. The van der Waals surface area contributed by atoms with Gasteiger partial charge < -0.3 is 19.7 Å². The summed E-state index contributed by atoms with van der Waals surface area (Å²) in [5.41, 5.74) is 0. The van der Waals surface area contributed by atoms with Crippen LogP contribution in [0.15, 0.2) is 16.5 Å². The van der Waals surface area contributed by atoms with E-state index in [0.29, 0.717) is 12.4 Å². The van der Waals surface area contributed by atoms with Crippen LogP contribution in [0.3, 0.4) is 0 Å². The van der Waals surface area contributed by atoms with Crippen LogP contribution in [0.25, 0.3) is 0 Å². The van der Waals surface area contributed by atoms with Gasteiger partial charge in [0.1, 0.15) is 0 Å². The molecule has 1 aliphatic rings. The number of carbonyl (C=O) groups excluding carboxylic acids is 1. The zero-order valence-corrected chi connectivity index (χ0v) is 9.47.